The molecule has 4 nitrogen and oxygen atoms in total. The average molecular weight is 263 g/mol. The summed E-state index contributed by atoms with van der Waals surface area (Å²) in [6.07, 6.45) is 0.876. The Morgan fingerprint density at radius 3 is 2.95 bits per heavy atom. The molecule has 1 N–H and O–H groups in total. The molecule has 2 rings (SSSR count). The van der Waals surface area contributed by atoms with Gasteiger partial charge in [0.2, 0.25) is 0 Å². The normalized spacial score (nSPS) is 13.7. The fourth-order valence-corrected chi connectivity index (χ4v) is 2.28. The van der Waals surface area contributed by atoms with Crippen LogP contribution in [0.4, 0.5) is 0 Å². The van der Waals surface area contributed by atoms with Crippen LogP contribution in [0.5, 0.6) is 5.75 Å². The molecule has 4 heteroatoms. The highest BCUT2D eigenvalue weighted by Gasteiger charge is 2.18. The lowest BCUT2D eigenvalue weighted by Gasteiger charge is -2.24. The Morgan fingerprint density at radius 1 is 1.47 bits per heavy atom. The van der Waals surface area contributed by atoms with Gasteiger partial charge in [0.1, 0.15) is 5.75 Å². The fraction of sp³-hybridized carbons (Fsp3) is 0.533. The standard InChI is InChI=1S/C15H21NO3/c1-11(2)16(6-7-17)10-14(18)12-3-4-15-13(9-12)5-8-19-15/h3-4,9,11,17H,5-8,10H2,1-2H3. The van der Waals surface area contributed by atoms with E-state index in [0.717, 1.165) is 23.3 Å². The predicted octanol–water partition coefficient (Wildman–Crippen LogP) is 1.51. The van der Waals surface area contributed by atoms with Crippen LogP contribution in [0, 0.1) is 0 Å². The Bertz CT molecular complexity index is 457. The van der Waals surface area contributed by atoms with Crippen molar-refractivity contribution in [1.29, 1.82) is 0 Å². The Morgan fingerprint density at radius 2 is 2.26 bits per heavy atom. The summed E-state index contributed by atoms with van der Waals surface area (Å²) in [6, 6.07) is 5.88. The second kappa shape index (κ2) is 6.17. The van der Waals surface area contributed by atoms with Crippen molar-refractivity contribution in [3.63, 3.8) is 0 Å². The molecule has 0 amide bonds. The largest absolute Gasteiger partial charge is 0.493 e. The molecule has 104 valence electrons. The van der Waals surface area contributed by atoms with Crippen molar-refractivity contribution in [3.05, 3.63) is 29.3 Å². The molecule has 1 aliphatic heterocycles. The number of ether oxygens (including phenoxy) is 1. The number of rotatable bonds is 6. The molecule has 0 spiro atoms. The van der Waals surface area contributed by atoms with Crippen LogP contribution in [0.3, 0.4) is 0 Å². The van der Waals surface area contributed by atoms with Gasteiger partial charge in [-0.1, -0.05) is 0 Å². The van der Waals surface area contributed by atoms with E-state index in [1.807, 2.05) is 36.9 Å². The van der Waals surface area contributed by atoms with Gasteiger partial charge in [0.15, 0.2) is 5.78 Å². The van der Waals surface area contributed by atoms with Crippen LogP contribution in [-0.2, 0) is 6.42 Å². The molecule has 0 saturated carbocycles. The summed E-state index contributed by atoms with van der Waals surface area (Å²) in [5.41, 5.74) is 1.84. The lowest BCUT2D eigenvalue weighted by Crippen LogP contribution is -2.37. The van der Waals surface area contributed by atoms with Crippen LogP contribution in [-0.4, -0.2) is 48.1 Å². The first-order chi connectivity index (χ1) is 9.11. The molecule has 1 aromatic carbocycles. The van der Waals surface area contributed by atoms with E-state index in [1.165, 1.54) is 0 Å². The van der Waals surface area contributed by atoms with Crippen molar-refractivity contribution in [3.8, 4) is 5.75 Å². The third-order valence-corrected chi connectivity index (χ3v) is 3.48. The van der Waals surface area contributed by atoms with Crippen molar-refractivity contribution in [2.45, 2.75) is 26.3 Å². The van der Waals surface area contributed by atoms with Gasteiger partial charge in [-0.3, -0.25) is 9.69 Å². The van der Waals surface area contributed by atoms with E-state index >= 15 is 0 Å². The van der Waals surface area contributed by atoms with Gasteiger partial charge in [0.05, 0.1) is 19.8 Å². The Labute approximate surface area is 114 Å². The molecule has 1 aliphatic rings. The summed E-state index contributed by atoms with van der Waals surface area (Å²) >= 11 is 0. The number of ketones is 1. The van der Waals surface area contributed by atoms with E-state index < -0.39 is 0 Å². The highest BCUT2D eigenvalue weighted by molar-refractivity contribution is 5.98. The molecular weight excluding hydrogens is 242 g/mol. The third-order valence-electron chi connectivity index (χ3n) is 3.48. The smallest absolute Gasteiger partial charge is 0.176 e. The SMILES string of the molecule is CC(C)N(CCO)CC(=O)c1ccc2c(c1)CCO2. The van der Waals surface area contributed by atoms with E-state index in [4.69, 9.17) is 9.84 Å². The Balaban J connectivity index is 2.07. The summed E-state index contributed by atoms with van der Waals surface area (Å²) in [7, 11) is 0. The van der Waals surface area contributed by atoms with Crippen molar-refractivity contribution < 1.29 is 14.6 Å². The predicted molar refractivity (Wildman–Crippen MR) is 73.8 cm³/mol. The van der Waals surface area contributed by atoms with Crippen molar-refractivity contribution >= 4 is 5.78 Å². The highest BCUT2D eigenvalue weighted by atomic mass is 16.5. The van der Waals surface area contributed by atoms with E-state index in [0.29, 0.717) is 19.7 Å². The molecule has 0 bridgehead atoms. The number of benzene rings is 1. The van der Waals surface area contributed by atoms with Crippen LogP contribution in [0.25, 0.3) is 0 Å². The second-order valence-electron chi connectivity index (χ2n) is 5.13. The molecule has 0 aromatic heterocycles. The third kappa shape index (κ3) is 3.33. The number of carbonyl (C=O) groups excluding carboxylic acids is 1. The number of aliphatic hydroxyl groups excluding tert-OH is 1. The summed E-state index contributed by atoms with van der Waals surface area (Å²) in [4.78, 5) is 14.2. The van der Waals surface area contributed by atoms with Gasteiger partial charge in [0.25, 0.3) is 0 Å². The van der Waals surface area contributed by atoms with Crippen LogP contribution in [0.2, 0.25) is 0 Å². The lowest BCUT2D eigenvalue weighted by molar-refractivity contribution is 0.0881. The van der Waals surface area contributed by atoms with Gasteiger partial charge < -0.3 is 9.84 Å². The topological polar surface area (TPSA) is 49.8 Å². The maximum absolute atomic E-state index is 12.3. The van der Waals surface area contributed by atoms with Crippen molar-refractivity contribution in [2.24, 2.45) is 0 Å². The first kappa shape index (κ1) is 14.0. The molecule has 1 heterocycles. The van der Waals surface area contributed by atoms with Crippen LogP contribution in [0.1, 0.15) is 29.8 Å². The number of aliphatic hydroxyl groups is 1. The van der Waals surface area contributed by atoms with E-state index in [9.17, 15) is 4.79 Å². The first-order valence-electron chi connectivity index (χ1n) is 6.75. The molecule has 0 saturated heterocycles. The molecule has 0 radical (unpaired) electrons. The first-order valence-corrected chi connectivity index (χ1v) is 6.75. The molecule has 0 fully saturated rings. The fourth-order valence-electron chi connectivity index (χ4n) is 2.28. The zero-order chi connectivity index (χ0) is 13.8. The van der Waals surface area contributed by atoms with Gasteiger partial charge in [0, 0.05) is 24.6 Å². The summed E-state index contributed by atoms with van der Waals surface area (Å²) in [6.45, 7) is 5.70. The molecule has 0 unspecified atom stereocenters. The monoisotopic (exact) mass is 263 g/mol. The minimum atomic E-state index is 0.0729. The number of hydrogen-bond donors (Lipinski definition) is 1. The number of carbonyl (C=O) groups is 1. The van der Waals surface area contributed by atoms with Gasteiger partial charge >= 0.3 is 0 Å². The van der Waals surface area contributed by atoms with Gasteiger partial charge in [-0.15, -0.1) is 0 Å². The maximum Gasteiger partial charge on any atom is 0.176 e. The number of Topliss-reactive ketones (excluding diaryl/α,β-unsaturated/α-hetero) is 1. The number of nitrogens with zero attached hydrogens (tertiary/aromatic N) is 1. The minimum absolute atomic E-state index is 0.0729. The summed E-state index contributed by atoms with van der Waals surface area (Å²) < 4.78 is 5.44. The molecular formula is C15H21NO3. The zero-order valence-electron chi connectivity index (χ0n) is 11.6. The highest BCUT2D eigenvalue weighted by Crippen LogP contribution is 2.26. The summed E-state index contributed by atoms with van der Waals surface area (Å²) in [5, 5.41) is 9.03. The molecule has 0 aliphatic carbocycles. The van der Waals surface area contributed by atoms with Crippen LogP contribution >= 0.6 is 0 Å². The molecule has 19 heavy (non-hydrogen) atoms. The lowest BCUT2D eigenvalue weighted by atomic mass is 10.0. The van der Waals surface area contributed by atoms with Crippen molar-refractivity contribution in [1.82, 2.24) is 4.90 Å². The molecule has 1 aromatic rings. The van der Waals surface area contributed by atoms with Gasteiger partial charge in [-0.25, -0.2) is 0 Å². The Kier molecular flexibility index (Phi) is 4.56. The quantitative estimate of drug-likeness (QED) is 0.790. The van der Waals surface area contributed by atoms with Gasteiger partial charge in [-0.05, 0) is 37.6 Å². The van der Waals surface area contributed by atoms with Crippen LogP contribution in [0.15, 0.2) is 18.2 Å². The van der Waals surface area contributed by atoms with E-state index in [-0.39, 0.29) is 18.4 Å². The summed E-state index contributed by atoms with van der Waals surface area (Å²) in [5.74, 6) is 0.990. The molecule has 0 atom stereocenters. The minimum Gasteiger partial charge on any atom is -0.493 e. The number of hydrogen-bond acceptors (Lipinski definition) is 4. The number of fused-ring (bicyclic) bond motifs is 1. The average Bonchev–Trinajstić information content (AvgIpc) is 2.85. The van der Waals surface area contributed by atoms with Crippen molar-refractivity contribution in [2.75, 3.05) is 26.3 Å². The second-order valence-corrected chi connectivity index (χ2v) is 5.13. The van der Waals surface area contributed by atoms with Crippen LogP contribution < -0.4 is 4.74 Å². The Hall–Kier alpha value is -1.39. The maximum atomic E-state index is 12.3. The zero-order valence-corrected chi connectivity index (χ0v) is 11.6. The van der Waals surface area contributed by atoms with E-state index in [1.54, 1.807) is 0 Å². The van der Waals surface area contributed by atoms with E-state index in [2.05, 4.69) is 0 Å². The van der Waals surface area contributed by atoms with Gasteiger partial charge in [-0.2, -0.15) is 0 Å².